The first-order chi connectivity index (χ1) is 7.45. The summed E-state index contributed by atoms with van der Waals surface area (Å²) < 4.78 is 5.29. The van der Waals surface area contributed by atoms with E-state index in [2.05, 4.69) is 0 Å². The van der Waals surface area contributed by atoms with Crippen molar-refractivity contribution in [3.63, 3.8) is 0 Å². The molecule has 0 unspecified atom stereocenters. The average Bonchev–Trinajstić information content (AvgIpc) is 2.21. The van der Waals surface area contributed by atoms with E-state index in [1.54, 1.807) is 0 Å². The van der Waals surface area contributed by atoms with Gasteiger partial charge in [0.05, 0.1) is 6.61 Å². The summed E-state index contributed by atoms with van der Waals surface area (Å²) in [5, 5.41) is 8.89. The molecule has 0 saturated heterocycles. The highest BCUT2D eigenvalue weighted by Gasteiger charge is 2.27. The number of nitrogens with two attached hydrogens (primary N) is 1. The van der Waals surface area contributed by atoms with Crippen molar-refractivity contribution in [2.75, 3.05) is 6.61 Å². The molecule has 1 aromatic carbocycles. The highest BCUT2D eigenvalue weighted by molar-refractivity contribution is 5.78. The Kier molecular flexibility index (Phi) is 3.90. The van der Waals surface area contributed by atoms with Gasteiger partial charge in [-0.1, -0.05) is 12.1 Å². The Morgan fingerprint density at radius 3 is 2.44 bits per heavy atom. The first kappa shape index (κ1) is 12.5. The summed E-state index contributed by atoms with van der Waals surface area (Å²) >= 11 is 0. The van der Waals surface area contributed by atoms with Crippen LogP contribution in [-0.4, -0.2) is 23.2 Å². The smallest absolute Gasteiger partial charge is 0.323 e. The van der Waals surface area contributed by atoms with Crippen LogP contribution in [-0.2, 0) is 11.2 Å². The van der Waals surface area contributed by atoms with Gasteiger partial charge in [-0.15, -0.1) is 0 Å². The van der Waals surface area contributed by atoms with E-state index in [0.29, 0.717) is 13.0 Å². The SMILES string of the molecule is CCOc1ccc(C[C@](C)(N)C(=O)O)cc1. The Labute approximate surface area is 95.0 Å². The summed E-state index contributed by atoms with van der Waals surface area (Å²) in [6.07, 6.45) is 0.300. The minimum Gasteiger partial charge on any atom is -0.494 e. The summed E-state index contributed by atoms with van der Waals surface area (Å²) in [4.78, 5) is 10.8. The third kappa shape index (κ3) is 3.24. The second-order valence-corrected chi connectivity index (χ2v) is 3.98. The van der Waals surface area contributed by atoms with Gasteiger partial charge in [0.15, 0.2) is 0 Å². The Hall–Kier alpha value is -1.55. The molecule has 1 atom stereocenters. The zero-order valence-corrected chi connectivity index (χ0v) is 9.56. The summed E-state index contributed by atoms with van der Waals surface area (Å²) in [6.45, 7) is 4.03. The van der Waals surface area contributed by atoms with Gasteiger partial charge in [0.2, 0.25) is 0 Å². The fraction of sp³-hybridized carbons (Fsp3) is 0.417. The van der Waals surface area contributed by atoms with E-state index in [9.17, 15) is 4.79 Å². The van der Waals surface area contributed by atoms with Crippen LogP contribution in [0.4, 0.5) is 0 Å². The predicted molar refractivity (Wildman–Crippen MR) is 61.5 cm³/mol. The van der Waals surface area contributed by atoms with E-state index in [1.807, 2.05) is 31.2 Å². The van der Waals surface area contributed by atoms with Gasteiger partial charge in [-0.2, -0.15) is 0 Å². The second kappa shape index (κ2) is 4.99. The van der Waals surface area contributed by atoms with Crippen LogP contribution in [0, 0.1) is 0 Å². The molecule has 0 heterocycles. The molecule has 0 aliphatic heterocycles. The summed E-state index contributed by atoms with van der Waals surface area (Å²) in [6, 6.07) is 7.30. The van der Waals surface area contributed by atoms with Gasteiger partial charge >= 0.3 is 5.97 Å². The zero-order valence-electron chi connectivity index (χ0n) is 9.56. The third-order valence-electron chi connectivity index (χ3n) is 2.29. The van der Waals surface area contributed by atoms with Gasteiger partial charge in [-0.05, 0) is 31.5 Å². The van der Waals surface area contributed by atoms with Crippen molar-refractivity contribution in [3.8, 4) is 5.75 Å². The highest BCUT2D eigenvalue weighted by Crippen LogP contribution is 2.16. The molecule has 0 aliphatic carbocycles. The molecular formula is C12H17NO3. The molecule has 0 radical (unpaired) electrons. The molecule has 0 bridgehead atoms. The molecule has 4 nitrogen and oxygen atoms in total. The van der Waals surface area contributed by atoms with Crippen LogP contribution in [0.1, 0.15) is 19.4 Å². The van der Waals surface area contributed by atoms with Crippen LogP contribution in [0.25, 0.3) is 0 Å². The normalized spacial score (nSPS) is 14.2. The molecule has 3 N–H and O–H groups in total. The summed E-state index contributed by atoms with van der Waals surface area (Å²) in [5.41, 5.74) is 5.31. The molecule has 88 valence electrons. The number of carboxylic acid groups (broad SMARTS) is 1. The van der Waals surface area contributed by atoms with Gasteiger partial charge in [0.1, 0.15) is 11.3 Å². The molecule has 0 amide bonds. The first-order valence-corrected chi connectivity index (χ1v) is 5.19. The van der Waals surface area contributed by atoms with Crippen molar-refractivity contribution in [2.45, 2.75) is 25.8 Å². The number of carbonyl (C=O) groups is 1. The van der Waals surface area contributed by atoms with Gasteiger partial charge in [0, 0.05) is 6.42 Å². The van der Waals surface area contributed by atoms with Crippen LogP contribution < -0.4 is 10.5 Å². The van der Waals surface area contributed by atoms with Crippen molar-refractivity contribution in [1.82, 2.24) is 0 Å². The number of carboxylic acids is 1. The van der Waals surface area contributed by atoms with E-state index in [4.69, 9.17) is 15.6 Å². The summed E-state index contributed by atoms with van der Waals surface area (Å²) in [7, 11) is 0. The molecule has 0 fully saturated rings. The average molecular weight is 223 g/mol. The molecule has 1 rings (SSSR count). The van der Waals surface area contributed by atoms with Crippen LogP contribution in [0.2, 0.25) is 0 Å². The first-order valence-electron chi connectivity index (χ1n) is 5.19. The largest absolute Gasteiger partial charge is 0.494 e. The topological polar surface area (TPSA) is 72.5 Å². The van der Waals surface area contributed by atoms with Crippen LogP contribution in [0.5, 0.6) is 5.75 Å². The van der Waals surface area contributed by atoms with Crippen molar-refractivity contribution in [1.29, 1.82) is 0 Å². The van der Waals surface area contributed by atoms with Gasteiger partial charge in [-0.25, -0.2) is 0 Å². The van der Waals surface area contributed by atoms with E-state index >= 15 is 0 Å². The molecular weight excluding hydrogens is 206 g/mol. The molecule has 0 aliphatic rings. The Bertz CT molecular complexity index is 357. The Morgan fingerprint density at radius 1 is 1.44 bits per heavy atom. The lowest BCUT2D eigenvalue weighted by Crippen LogP contribution is -2.46. The Balaban J connectivity index is 2.72. The molecule has 0 saturated carbocycles. The minimum absolute atomic E-state index is 0.300. The van der Waals surface area contributed by atoms with Crippen molar-refractivity contribution in [2.24, 2.45) is 5.73 Å². The monoisotopic (exact) mass is 223 g/mol. The highest BCUT2D eigenvalue weighted by atomic mass is 16.5. The van der Waals surface area contributed by atoms with E-state index < -0.39 is 11.5 Å². The van der Waals surface area contributed by atoms with Crippen molar-refractivity contribution < 1.29 is 14.6 Å². The standard InChI is InChI=1S/C12H17NO3/c1-3-16-10-6-4-9(5-7-10)8-12(2,13)11(14)15/h4-7H,3,8,13H2,1-2H3,(H,14,15)/t12-/m0/s1. The fourth-order valence-electron chi connectivity index (χ4n) is 1.37. The van der Waals surface area contributed by atoms with Crippen LogP contribution >= 0.6 is 0 Å². The number of benzene rings is 1. The van der Waals surface area contributed by atoms with E-state index in [0.717, 1.165) is 11.3 Å². The summed E-state index contributed by atoms with van der Waals surface area (Å²) in [5.74, 6) is -0.221. The molecule has 4 heteroatoms. The Morgan fingerprint density at radius 2 is 2.00 bits per heavy atom. The van der Waals surface area contributed by atoms with Gasteiger partial charge < -0.3 is 15.6 Å². The second-order valence-electron chi connectivity index (χ2n) is 3.98. The van der Waals surface area contributed by atoms with E-state index in [-0.39, 0.29) is 0 Å². The zero-order chi connectivity index (χ0) is 12.2. The molecule has 16 heavy (non-hydrogen) atoms. The molecule has 1 aromatic rings. The number of ether oxygens (including phenoxy) is 1. The lowest BCUT2D eigenvalue weighted by molar-refractivity contribution is -0.142. The van der Waals surface area contributed by atoms with Crippen molar-refractivity contribution in [3.05, 3.63) is 29.8 Å². The number of hydrogen-bond acceptors (Lipinski definition) is 3. The third-order valence-corrected chi connectivity index (χ3v) is 2.29. The number of rotatable bonds is 5. The van der Waals surface area contributed by atoms with Crippen LogP contribution in [0.3, 0.4) is 0 Å². The van der Waals surface area contributed by atoms with Crippen LogP contribution in [0.15, 0.2) is 24.3 Å². The molecule has 0 spiro atoms. The molecule has 0 aromatic heterocycles. The minimum atomic E-state index is -1.23. The maximum absolute atomic E-state index is 10.8. The van der Waals surface area contributed by atoms with Crippen molar-refractivity contribution >= 4 is 5.97 Å². The number of aliphatic carboxylic acids is 1. The fourth-order valence-corrected chi connectivity index (χ4v) is 1.37. The quantitative estimate of drug-likeness (QED) is 0.792. The maximum Gasteiger partial charge on any atom is 0.323 e. The van der Waals surface area contributed by atoms with E-state index in [1.165, 1.54) is 6.92 Å². The van der Waals surface area contributed by atoms with Gasteiger partial charge in [-0.3, -0.25) is 4.79 Å². The lowest BCUT2D eigenvalue weighted by atomic mass is 9.94. The predicted octanol–water partition coefficient (Wildman–Crippen LogP) is 1.43. The van der Waals surface area contributed by atoms with Gasteiger partial charge in [0.25, 0.3) is 0 Å². The maximum atomic E-state index is 10.8. The number of hydrogen-bond donors (Lipinski definition) is 2. The lowest BCUT2D eigenvalue weighted by Gasteiger charge is -2.19.